The van der Waals surface area contributed by atoms with E-state index in [-0.39, 0.29) is 18.1 Å². The van der Waals surface area contributed by atoms with Crippen molar-refractivity contribution in [1.82, 2.24) is 9.88 Å². The maximum absolute atomic E-state index is 12.7. The predicted molar refractivity (Wildman–Crippen MR) is 83.7 cm³/mol. The van der Waals surface area contributed by atoms with Crippen molar-refractivity contribution in [3.8, 4) is 0 Å². The fraction of sp³-hybridized carbons (Fsp3) is 0.471. The van der Waals surface area contributed by atoms with E-state index >= 15 is 0 Å². The van der Waals surface area contributed by atoms with Crippen LogP contribution in [0.3, 0.4) is 0 Å². The van der Waals surface area contributed by atoms with Gasteiger partial charge in [-0.25, -0.2) is 0 Å². The summed E-state index contributed by atoms with van der Waals surface area (Å²) in [5.74, 6) is 0.0946. The van der Waals surface area contributed by atoms with E-state index in [9.17, 15) is 4.79 Å². The Morgan fingerprint density at radius 1 is 1.24 bits per heavy atom. The summed E-state index contributed by atoms with van der Waals surface area (Å²) in [5.41, 5.74) is 4.21. The number of benzene rings is 1. The normalized spacial score (nSPS) is 22.8. The minimum atomic E-state index is 0.0946. The SMILES string of the molecule is Cc1[nH]c2ccc(C(=O)N3CC(C)OC(C)C3)cc2c1C. The standard InChI is InChI=1S/C17H22N2O2/c1-10-8-19(9-11(2)21-10)17(20)14-5-6-16-15(7-14)12(3)13(4)18-16/h5-7,10-11,18H,8-9H2,1-4H3. The van der Waals surface area contributed by atoms with Crippen LogP contribution in [0.4, 0.5) is 0 Å². The Balaban J connectivity index is 1.92. The number of carbonyl (C=O) groups excluding carboxylic acids is 1. The van der Waals surface area contributed by atoms with E-state index in [0.29, 0.717) is 13.1 Å². The highest BCUT2D eigenvalue weighted by molar-refractivity contribution is 5.99. The number of aryl methyl sites for hydroxylation is 2. The second-order valence-electron chi connectivity index (χ2n) is 6.10. The number of ether oxygens (including phenoxy) is 1. The molecule has 2 atom stereocenters. The molecule has 2 unspecified atom stereocenters. The lowest BCUT2D eigenvalue weighted by Gasteiger charge is -2.35. The molecule has 0 aliphatic carbocycles. The zero-order chi connectivity index (χ0) is 15.1. The van der Waals surface area contributed by atoms with Crippen LogP contribution in [0.15, 0.2) is 18.2 Å². The number of carbonyl (C=O) groups is 1. The van der Waals surface area contributed by atoms with Crippen molar-refractivity contribution in [2.45, 2.75) is 39.9 Å². The number of nitrogens with one attached hydrogen (secondary N) is 1. The van der Waals surface area contributed by atoms with Crippen molar-refractivity contribution in [2.24, 2.45) is 0 Å². The topological polar surface area (TPSA) is 45.3 Å². The number of amides is 1. The molecule has 1 aliphatic heterocycles. The molecule has 1 aromatic carbocycles. The van der Waals surface area contributed by atoms with E-state index in [2.05, 4.69) is 18.8 Å². The second-order valence-corrected chi connectivity index (χ2v) is 6.10. The van der Waals surface area contributed by atoms with Crippen molar-refractivity contribution < 1.29 is 9.53 Å². The molecule has 3 rings (SSSR count). The Bertz CT molecular complexity index is 679. The summed E-state index contributed by atoms with van der Waals surface area (Å²) in [6.07, 6.45) is 0.190. The molecule has 4 nitrogen and oxygen atoms in total. The van der Waals surface area contributed by atoms with Crippen LogP contribution in [0.5, 0.6) is 0 Å². The minimum Gasteiger partial charge on any atom is -0.372 e. The number of aromatic amines is 1. The van der Waals surface area contributed by atoms with Crippen LogP contribution < -0.4 is 0 Å². The van der Waals surface area contributed by atoms with Crippen LogP contribution in [0, 0.1) is 13.8 Å². The lowest BCUT2D eigenvalue weighted by atomic mass is 10.1. The van der Waals surface area contributed by atoms with Gasteiger partial charge in [-0.1, -0.05) is 0 Å². The monoisotopic (exact) mass is 286 g/mol. The summed E-state index contributed by atoms with van der Waals surface area (Å²) in [6, 6.07) is 5.90. The van der Waals surface area contributed by atoms with Gasteiger partial charge in [-0.3, -0.25) is 4.79 Å². The third-order valence-corrected chi connectivity index (χ3v) is 4.26. The largest absolute Gasteiger partial charge is 0.372 e. The number of fused-ring (bicyclic) bond motifs is 1. The van der Waals surface area contributed by atoms with Crippen LogP contribution in [-0.2, 0) is 4.74 Å². The third-order valence-electron chi connectivity index (χ3n) is 4.26. The fourth-order valence-electron chi connectivity index (χ4n) is 3.12. The molecule has 0 bridgehead atoms. The molecule has 21 heavy (non-hydrogen) atoms. The summed E-state index contributed by atoms with van der Waals surface area (Å²) >= 11 is 0. The van der Waals surface area contributed by atoms with E-state index < -0.39 is 0 Å². The first-order chi connectivity index (χ1) is 9.95. The molecule has 0 spiro atoms. The van der Waals surface area contributed by atoms with E-state index in [0.717, 1.165) is 22.2 Å². The first-order valence-electron chi connectivity index (χ1n) is 7.49. The maximum atomic E-state index is 12.7. The Labute approximate surface area is 125 Å². The molecule has 112 valence electrons. The molecule has 2 heterocycles. The van der Waals surface area contributed by atoms with Gasteiger partial charge in [-0.2, -0.15) is 0 Å². The molecule has 1 saturated heterocycles. The molecule has 4 heteroatoms. The molecule has 1 aliphatic rings. The summed E-state index contributed by atoms with van der Waals surface area (Å²) in [5, 5.41) is 1.13. The number of hydrogen-bond acceptors (Lipinski definition) is 2. The predicted octanol–water partition coefficient (Wildman–Crippen LogP) is 3.03. The van der Waals surface area contributed by atoms with E-state index in [1.165, 1.54) is 5.56 Å². The molecule has 1 aromatic heterocycles. The molecule has 0 saturated carbocycles. The molecule has 1 N–H and O–H groups in total. The number of nitrogens with zero attached hydrogens (tertiary/aromatic N) is 1. The van der Waals surface area contributed by atoms with Crippen molar-refractivity contribution >= 4 is 16.8 Å². The van der Waals surface area contributed by atoms with E-state index in [1.807, 2.05) is 36.9 Å². The first-order valence-corrected chi connectivity index (χ1v) is 7.49. The van der Waals surface area contributed by atoms with Gasteiger partial charge >= 0.3 is 0 Å². The number of hydrogen-bond donors (Lipinski definition) is 1. The van der Waals surface area contributed by atoms with Gasteiger partial charge in [0.25, 0.3) is 5.91 Å². The number of aromatic nitrogens is 1. The Hall–Kier alpha value is -1.81. The first kappa shape index (κ1) is 14.1. The van der Waals surface area contributed by atoms with Gasteiger partial charge in [-0.05, 0) is 51.5 Å². The Morgan fingerprint density at radius 3 is 2.57 bits per heavy atom. The van der Waals surface area contributed by atoms with Crippen LogP contribution >= 0.6 is 0 Å². The zero-order valence-corrected chi connectivity index (χ0v) is 13.1. The molecule has 1 amide bonds. The number of rotatable bonds is 1. The smallest absolute Gasteiger partial charge is 0.254 e. The minimum absolute atomic E-state index is 0.0946. The van der Waals surface area contributed by atoms with Crippen LogP contribution in [0.2, 0.25) is 0 Å². The summed E-state index contributed by atoms with van der Waals surface area (Å²) in [6.45, 7) is 9.49. The quantitative estimate of drug-likeness (QED) is 0.876. The van der Waals surface area contributed by atoms with E-state index in [1.54, 1.807) is 0 Å². The maximum Gasteiger partial charge on any atom is 0.254 e. The van der Waals surface area contributed by atoms with Gasteiger partial charge in [0.2, 0.25) is 0 Å². The van der Waals surface area contributed by atoms with Crippen molar-refractivity contribution in [1.29, 1.82) is 0 Å². The van der Waals surface area contributed by atoms with Gasteiger partial charge in [-0.15, -0.1) is 0 Å². The average molecular weight is 286 g/mol. The van der Waals surface area contributed by atoms with Gasteiger partial charge in [0, 0.05) is 35.2 Å². The number of morpholine rings is 1. The Kier molecular flexibility index (Phi) is 3.49. The van der Waals surface area contributed by atoms with E-state index in [4.69, 9.17) is 4.74 Å². The number of H-pyrrole nitrogens is 1. The fourth-order valence-corrected chi connectivity index (χ4v) is 3.12. The highest BCUT2D eigenvalue weighted by atomic mass is 16.5. The van der Waals surface area contributed by atoms with Crippen LogP contribution in [0.1, 0.15) is 35.5 Å². The molecule has 2 aromatic rings. The second kappa shape index (κ2) is 5.19. The van der Waals surface area contributed by atoms with Gasteiger partial charge in [0.1, 0.15) is 0 Å². The van der Waals surface area contributed by atoms with Gasteiger partial charge in [0.15, 0.2) is 0 Å². The average Bonchev–Trinajstić information content (AvgIpc) is 2.72. The van der Waals surface area contributed by atoms with Crippen molar-refractivity contribution in [3.63, 3.8) is 0 Å². The molecule has 1 fully saturated rings. The van der Waals surface area contributed by atoms with Crippen LogP contribution in [0.25, 0.3) is 10.9 Å². The highest BCUT2D eigenvalue weighted by Crippen LogP contribution is 2.23. The molecular weight excluding hydrogens is 264 g/mol. The highest BCUT2D eigenvalue weighted by Gasteiger charge is 2.26. The zero-order valence-electron chi connectivity index (χ0n) is 13.1. The third kappa shape index (κ3) is 2.56. The van der Waals surface area contributed by atoms with Crippen molar-refractivity contribution in [2.75, 3.05) is 13.1 Å². The lowest BCUT2D eigenvalue weighted by Crippen LogP contribution is -2.48. The van der Waals surface area contributed by atoms with Crippen LogP contribution in [-0.4, -0.2) is 41.1 Å². The summed E-state index contributed by atoms with van der Waals surface area (Å²) in [7, 11) is 0. The Morgan fingerprint density at radius 2 is 1.90 bits per heavy atom. The van der Waals surface area contributed by atoms with Gasteiger partial charge in [0.05, 0.1) is 12.2 Å². The summed E-state index contributed by atoms with van der Waals surface area (Å²) in [4.78, 5) is 18.0. The van der Waals surface area contributed by atoms with Crippen molar-refractivity contribution in [3.05, 3.63) is 35.0 Å². The lowest BCUT2D eigenvalue weighted by molar-refractivity contribution is -0.0586. The molecular formula is C17H22N2O2. The molecule has 0 radical (unpaired) electrons. The van der Waals surface area contributed by atoms with Gasteiger partial charge < -0.3 is 14.6 Å². The summed E-state index contributed by atoms with van der Waals surface area (Å²) < 4.78 is 5.70.